The number of aromatic nitrogens is 4. The summed E-state index contributed by atoms with van der Waals surface area (Å²) in [5.41, 5.74) is -10.8. The molecule has 3 aliphatic carbocycles. The Hall–Kier alpha value is -11.6. The summed E-state index contributed by atoms with van der Waals surface area (Å²) in [4.78, 5) is 102. The quantitative estimate of drug-likeness (QED) is 0.0203. The molecule has 0 spiro atoms. The monoisotopic (exact) mass is 2080 g/mol. The van der Waals surface area contributed by atoms with Gasteiger partial charge in [-0.15, -0.1) is 0 Å². The fraction of sp³-hybridized carbons (Fsp3) is 0.396. The summed E-state index contributed by atoms with van der Waals surface area (Å²) in [6.45, 7) is -13.0. The molecule has 1 aliphatic heterocycles. The maximum atomic E-state index is 14.9. The Bertz CT molecular complexity index is 8380. The number of halogens is 12. The minimum Gasteiger partial charge on any atom is -0.338 e. The lowest BCUT2D eigenvalue weighted by molar-refractivity contribution is -0.138. The fourth-order valence-corrected chi connectivity index (χ4v) is 17.7. The summed E-state index contributed by atoms with van der Waals surface area (Å²) in [5, 5.41) is -0.695. The van der Waals surface area contributed by atoms with Crippen LogP contribution in [0.3, 0.4) is 0 Å². The predicted molar refractivity (Wildman–Crippen MR) is 545 cm³/mol. The third-order valence-corrected chi connectivity index (χ3v) is 25.8. The molecule has 0 radical (unpaired) electrons. The van der Waals surface area contributed by atoms with Gasteiger partial charge in [0.1, 0.15) is 30.5 Å². The molecule has 9 aromatic carbocycles. The van der Waals surface area contributed by atoms with Gasteiger partial charge in [0.15, 0.2) is 15.5 Å². The first-order chi connectivity index (χ1) is 83.4. The van der Waals surface area contributed by atoms with Gasteiger partial charge in [-0.3, -0.25) is 28.8 Å². The molecule has 0 saturated heterocycles. The van der Waals surface area contributed by atoms with Crippen LogP contribution in [0.25, 0.3) is 33.4 Å². The topological polar surface area (TPSA) is 173 Å². The second kappa shape index (κ2) is 50.5. The summed E-state index contributed by atoms with van der Waals surface area (Å²) in [6.07, 6.45) is -29.5. The van der Waals surface area contributed by atoms with Crippen molar-refractivity contribution in [1.29, 1.82) is 0 Å². The Morgan fingerprint density at radius 3 is 1.24 bits per heavy atom. The molecule has 0 N–H and O–H groups in total. The van der Waals surface area contributed by atoms with E-state index in [2.05, 4.69) is 15.0 Å². The molecule has 764 valence electrons. The molecule has 3 heterocycles. The van der Waals surface area contributed by atoms with Gasteiger partial charge in [0, 0.05) is 128 Å². The molecule has 0 bridgehead atoms. The van der Waals surface area contributed by atoms with E-state index in [1.165, 1.54) is 108 Å². The van der Waals surface area contributed by atoms with Gasteiger partial charge in [0.25, 0.3) is 17.0 Å². The number of amidine groups is 1. The maximum Gasteiger partial charge on any atom is 0.416 e. The predicted octanol–water partition coefficient (Wildman–Crippen LogP) is 22.8. The number of hydrogen-bond donors (Lipinski definition) is 0. The Labute approximate surface area is 898 Å². The van der Waals surface area contributed by atoms with Crippen molar-refractivity contribution in [2.75, 3.05) is 84.8 Å². The molecule has 15 rings (SSSR count). The molecule has 1 saturated carbocycles. The average molecular weight is 2080 g/mol. The molecular weight excluding hydrogens is 1920 g/mol. The van der Waals surface area contributed by atoms with Crippen molar-refractivity contribution < 1.29 is 123 Å². The van der Waals surface area contributed by atoms with Crippen molar-refractivity contribution in [3.05, 3.63) is 328 Å². The minimum absolute atomic E-state index is 0.0162. The van der Waals surface area contributed by atoms with Crippen molar-refractivity contribution in [2.24, 2.45) is 16.8 Å². The van der Waals surface area contributed by atoms with Gasteiger partial charge < -0.3 is 43.4 Å². The number of likely N-dealkylation sites (N-methyl/N-ethyl adjacent to an activating group) is 3. The lowest BCUT2D eigenvalue weighted by Gasteiger charge is -2.38. The number of amides is 4. The number of alkyl halides is 9. The van der Waals surface area contributed by atoms with Crippen LogP contribution in [-0.4, -0.2) is 173 Å². The van der Waals surface area contributed by atoms with Gasteiger partial charge in [-0.1, -0.05) is 229 Å². The van der Waals surface area contributed by atoms with Crippen molar-refractivity contribution in [2.45, 2.75) is 198 Å². The maximum absolute atomic E-state index is 14.9. The summed E-state index contributed by atoms with van der Waals surface area (Å²) in [6, 6.07) is 9.29. The van der Waals surface area contributed by atoms with E-state index in [-0.39, 0.29) is 71.8 Å². The highest BCUT2D eigenvalue weighted by molar-refractivity contribution is 8.13. The molecule has 4 amide bonds. The minimum atomic E-state index is -5.19. The van der Waals surface area contributed by atoms with E-state index in [4.69, 9.17) is 42.5 Å². The molecule has 1 fully saturated rings. The number of carbonyl (C=O) groups is 4. The standard InChI is InChI=1S/C37H42F4N4O2S.2C37H40F4N4O2S/c1-4-43(5-2)18-19-44(22-26-6-10-28(11-7-26)29-12-14-30(15-13-29)37(39,40)41)34(46)23-45-33-21-25(3)20-32(33)35(47)42-36(45)48-24-27-8-16-31(38)17-9-27;2*1-4-43(5-2)19-20-44(22-26-9-13-28(14-10-26)29-15-18-32(25(3)21-29)37(39,40)41)34(46)23-45-33-8-6-7-31(33)35(47)42-36(45)48-24-27-11-16-30(38)17-12-27/h6-17,25,32-33H,4-5,18-24H2,1-3H3;2*9-18,21H,4-8,19-20,22-24H2,1-3H3/i18D2,19D2,20D2,21D2,25D;6D2,7D2,8D2,9D,10D,13D,14D,15D,18D,19D2,20D2,21D;9D,10D,13D,14D,15D,18D,19D2,20D2,21D. The molecule has 3 unspecified atom stereocenters. The van der Waals surface area contributed by atoms with Crippen LogP contribution < -0.4 is 11.1 Å². The van der Waals surface area contributed by atoms with Crippen molar-refractivity contribution in [3.63, 3.8) is 0 Å². The van der Waals surface area contributed by atoms with Gasteiger partial charge in [0.05, 0.1) is 56.6 Å². The summed E-state index contributed by atoms with van der Waals surface area (Å²) in [7, 11) is 0. The first-order valence-electron chi connectivity index (χ1n) is 63.7. The Morgan fingerprint density at radius 2 is 0.819 bits per heavy atom. The van der Waals surface area contributed by atoms with Crippen LogP contribution in [0.5, 0.6) is 0 Å². The van der Waals surface area contributed by atoms with E-state index in [0.29, 0.717) is 90.0 Å². The van der Waals surface area contributed by atoms with Gasteiger partial charge in [-0.25, -0.2) is 13.2 Å². The number of hydrogen-bond acceptors (Lipinski definition) is 15. The molecule has 11 aromatic rings. The van der Waals surface area contributed by atoms with Crippen LogP contribution in [0.2, 0.25) is 0 Å². The van der Waals surface area contributed by atoms with Crippen molar-refractivity contribution in [3.8, 4) is 33.4 Å². The van der Waals surface area contributed by atoms with Crippen LogP contribution >= 0.6 is 35.3 Å². The van der Waals surface area contributed by atoms with Gasteiger partial charge in [-0.05, 0) is 249 Å². The highest BCUT2D eigenvalue weighted by Crippen LogP contribution is 2.42. The molecule has 3 atom stereocenters. The number of fused-ring (bicyclic) bond motifs is 3. The van der Waals surface area contributed by atoms with E-state index >= 15 is 0 Å². The summed E-state index contributed by atoms with van der Waals surface area (Å²) >= 11 is 2.57. The highest BCUT2D eigenvalue weighted by Gasteiger charge is 2.46. The fourth-order valence-electron chi connectivity index (χ4n) is 14.8. The number of aliphatic imine (C=N–C) groups is 1. The van der Waals surface area contributed by atoms with Crippen LogP contribution in [0, 0.1) is 43.1 Å². The molecule has 144 heavy (non-hydrogen) atoms. The van der Waals surface area contributed by atoms with E-state index in [9.17, 15) is 89.7 Å². The number of rotatable bonds is 38. The van der Waals surface area contributed by atoms with Gasteiger partial charge in [0.2, 0.25) is 17.7 Å². The van der Waals surface area contributed by atoms with Crippen LogP contribution in [0.4, 0.5) is 52.7 Å². The van der Waals surface area contributed by atoms with Crippen molar-refractivity contribution in [1.82, 2.24) is 53.4 Å². The first-order valence-corrected chi connectivity index (χ1v) is 48.1. The Morgan fingerprint density at radius 1 is 0.438 bits per heavy atom. The third-order valence-electron chi connectivity index (χ3n) is 22.7. The average Bonchev–Trinajstić information content (AvgIpc) is 1.51. The Balaban J connectivity index is 0.000000221. The first kappa shape index (κ1) is 69.5. The lowest BCUT2D eigenvalue weighted by atomic mass is 9.98. The zero-order valence-corrected chi connectivity index (χ0v) is 81.5. The molecule has 2 aromatic heterocycles. The number of nitrogens with zero attached hydrogens (tertiary/aromatic N) is 12. The van der Waals surface area contributed by atoms with Gasteiger partial charge >= 0.3 is 18.5 Å². The van der Waals surface area contributed by atoms with Crippen molar-refractivity contribution >= 4 is 64.1 Å². The van der Waals surface area contributed by atoms with E-state index in [0.717, 1.165) is 83.3 Å². The number of thioether (sulfide) groups is 3. The van der Waals surface area contributed by atoms with Crippen LogP contribution in [0.15, 0.2) is 231 Å². The Kier molecular flexibility index (Phi) is 24.3. The molecule has 4 aliphatic rings. The molecular formula is C111H122F12N12O6S3. The SMILES string of the molecule is [2H]C1([2H])C2C(=O)N=C(SCc3ccc(F)cc3)N(CC(=O)N(Cc3ccc(-c4ccc(C(F)(F)F)cc4)cc3)C([2H])([2H])C([2H])([2H])N(CC)CC)C2C([2H])([2H])C1([2H])C.[2H]c1c([2H])c(-c2c([2H])c([2H])c(C(F)(F)F)c(C)c2[2H])c([2H])c([2H])c1CN(C(=O)Cn1c(SCc2ccc(F)cc2)nc(=O)c2c1C([2H])([2H])C([2H])([2H])C2([2H])[2H])C([2H])([2H])C([2H])([2H])N(CC)CC.[2H]c1c([2H])c(-c2c([2H])c([2H])c(C(F)(F)F)c(C)c2[2H])c([2H])c([2H])c1CN(C(=O)Cn1c(SCc2ccc(F)cc2)nc(=O)c2c1CCC2)C([2H])([2H])C([2H])([2H])N(CC)CC. The summed E-state index contributed by atoms with van der Waals surface area (Å²) in [5.74, 6) is -10.6. The number of benzene rings is 9. The molecule has 33 heteroatoms. The molecule has 18 nitrogen and oxygen atoms in total. The third kappa shape index (κ3) is 29.4. The van der Waals surface area contributed by atoms with E-state index in [1.807, 2.05) is 0 Å². The van der Waals surface area contributed by atoms with Crippen LogP contribution in [-0.2, 0) is 113 Å². The van der Waals surface area contributed by atoms with Gasteiger partial charge in [-0.2, -0.15) is 54.5 Å². The largest absolute Gasteiger partial charge is 0.416 e. The second-order valence-corrected chi connectivity index (χ2v) is 35.3. The summed E-state index contributed by atoms with van der Waals surface area (Å²) < 4.78 is 491. The smallest absolute Gasteiger partial charge is 0.338 e. The highest BCUT2D eigenvalue weighted by atomic mass is 32.2. The van der Waals surface area contributed by atoms with E-state index in [1.54, 1.807) is 39.8 Å². The van der Waals surface area contributed by atoms with Crippen LogP contribution in [0.1, 0.15) is 208 Å². The number of carbonyl (C=O) groups excluding carboxylic acids is 4. The zero-order chi connectivity index (χ0) is 136. The second-order valence-electron chi connectivity index (χ2n) is 32.5. The van der Waals surface area contributed by atoms with E-state index < -0.39 is 361 Å². The zero-order valence-electron chi connectivity index (χ0n) is 116. The lowest BCUT2D eigenvalue weighted by Crippen LogP contribution is -2.52. The normalized spacial score (nSPS) is 21.6.